The molecule has 3 rings (SSSR count). The third-order valence-electron chi connectivity index (χ3n) is 4.48. The van der Waals surface area contributed by atoms with E-state index in [9.17, 15) is 8.42 Å². The minimum Gasteiger partial charge on any atom is -0.266 e. The summed E-state index contributed by atoms with van der Waals surface area (Å²) >= 11 is 0. The molecule has 2 bridgehead atoms. The van der Waals surface area contributed by atoms with E-state index in [1.165, 1.54) is 0 Å². The van der Waals surface area contributed by atoms with Crippen LogP contribution in [0.15, 0.2) is 0 Å². The highest BCUT2D eigenvalue weighted by Crippen LogP contribution is 2.63. The molecule has 2 aliphatic carbocycles. The summed E-state index contributed by atoms with van der Waals surface area (Å²) in [7, 11) is -3.20. The second-order valence-electron chi connectivity index (χ2n) is 5.11. The van der Waals surface area contributed by atoms with E-state index in [4.69, 9.17) is 4.18 Å². The lowest BCUT2D eigenvalue weighted by molar-refractivity contribution is 0.106. The second-order valence-corrected chi connectivity index (χ2v) is 6.89. The van der Waals surface area contributed by atoms with Gasteiger partial charge in [0.2, 0.25) is 0 Å². The molecule has 1 aliphatic heterocycles. The monoisotopic (exact) mass is 202 g/mol. The fraction of sp³-hybridized carbons (Fsp3) is 1.00. The van der Waals surface area contributed by atoms with Crippen molar-refractivity contribution in [3.8, 4) is 0 Å². The van der Waals surface area contributed by atoms with Crippen molar-refractivity contribution in [2.75, 3.05) is 0 Å². The molecule has 0 aromatic rings. The van der Waals surface area contributed by atoms with Crippen LogP contribution in [0.5, 0.6) is 0 Å². The molecule has 0 radical (unpaired) electrons. The predicted molar refractivity (Wildman–Crippen MR) is 47.6 cm³/mol. The Balaban J connectivity index is 2.14. The van der Waals surface area contributed by atoms with Crippen LogP contribution in [0.4, 0.5) is 0 Å². The van der Waals surface area contributed by atoms with E-state index < -0.39 is 10.1 Å². The zero-order valence-corrected chi connectivity index (χ0v) is 8.67. The molecule has 13 heavy (non-hydrogen) atoms. The van der Waals surface area contributed by atoms with E-state index >= 15 is 0 Å². The Bertz CT molecular complexity index is 361. The molecular weight excluding hydrogens is 188 g/mol. The zero-order valence-electron chi connectivity index (χ0n) is 7.86. The lowest BCUT2D eigenvalue weighted by Gasteiger charge is -2.29. The Morgan fingerprint density at radius 1 is 1.38 bits per heavy atom. The van der Waals surface area contributed by atoms with E-state index in [0.29, 0.717) is 11.8 Å². The number of hydrogen-bond donors (Lipinski definition) is 0. The van der Waals surface area contributed by atoms with Crippen LogP contribution in [-0.4, -0.2) is 19.8 Å². The van der Waals surface area contributed by atoms with Crippen molar-refractivity contribution >= 4 is 10.1 Å². The number of hydrogen-bond acceptors (Lipinski definition) is 3. The minimum absolute atomic E-state index is 0.00579. The highest BCUT2D eigenvalue weighted by atomic mass is 32.2. The van der Waals surface area contributed by atoms with Crippen molar-refractivity contribution in [3.63, 3.8) is 0 Å². The average molecular weight is 202 g/mol. The summed E-state index contributed by atoms with van der Waals surface area (Å²) in [4.78, 5) is 0. The maximum atomic E-state index is 11.5. The molecule has 0 N–H and O–H groups in total. The first kappa shape index (κ1) is 8.24. The van der Waals surface area contributed by atoms with Crippen molar-refractivity contribution in [3.05, 3.63) is 0 Å². The standard InChI is InChI=1S/C9H14O3S/c1-5-8-6-3-9(5,2)4-7(6)13(10,11)12-8/h5-8H,3-4H2,1-2H3. The number of fused-ring (bicyclic) bond motifs is 1. The van der Waals surface area contributed by atoms with E-state index in [0.717, 1.165) is 12.8 Å². The molecule has 0 spiro atoms. The van der Waals surface area contributed by atoms with Gasteiger partial charge in [0.05, 0.1) is 11.4 Å². The van der Waals surface area contributed by atoms with Crippen LogP contribution in [0.1, 0.15) is 26.7 Å². The molecule has 3 nitrogen and oxygen atoms in total. The third-order valence-corrected chi connectivity index (χ3v) is 6.23. The molecule has 5 atom stereocenters. The molecule has 3 aliphatic rings. The van der Waals surface area contributed by atoms with Gasteiger partial charge in [0.15, 0.2) is 0 Å². The summed E-state index contributed by atoms with van der Waals surface area (Å²) < 4.78 is 28.3. The molecule has 5 unspecified atom stereocenters. The average Bonchev–Trinajstić information content (AvgIpc) is 2.52. The van der Waals surface area contributed by atoms with Crippen LogP contribution in [0.2, 0.25) is 0 Å². The largest absolute Gasteiger partial charge is 0.270 e. The van der Waals surface area contributed by atoms with Crippen LogP contribution < -0.4 is 0 Å². The smallest absolute Gasteiger partial charge is 0.266 e. The second kappa shape index (κ2) is 1.96. The Kier molecular flexibility index (Phi) is 1.24. The SMILES string of the molecule is CC1C2OS(=O)(=O)C3CC1(C)CC23. The highest BCUT2D eigenvalue weighted by molar-refractivity contribution is 7.87. The zero-order chi connectivity index (χ0) is 9.43. The normalized spacial score (nSPS) is 61.7. The Morgan fingerprint density at radius 3 is 2.62 bits per heavy atom. The van der Waals surface area contributed by atoms with Gasteiger partial charge in [0.1, 0.15) is 0 Å². The van der Waals surface area contributed by atoms with Crippen LogP contribution in [0, 0.1) is 17.3 Å². The van der Waals surface area contributed by atoms with Crippen LogP contribution in [0.25, 0.3) is 0 Å². The van der Waals surface area contributed by atoms with Gasteiger partial charge in [-0.2, -0.15) is 8.42 Å². The molecule has 2 saturated carbocycles. The van der Waals surface area contributed by atoms with Gasteiger partial charge < -0.3 is 0 Å². The number of rotatable bonds is 0. The predicted octanol–water partition coefficient (Wildman–Crippen LogP) is 1.15. The molecule has 4 heteroatoms. The first-order valence-electron chi connectivity index (χ1n) is 4.86. The van der Waals surface area contributed by atoms with E-state index in [2.05, 4.69) is 13.8 Å². The molecule has 1 heterocycles. The molecule has 0 amide bonds. The molecule has 0 aromatic heterocycles. The highest BCUT2D eigenvalue weighted by Gasteiger charge is 2.67. The third kappa shape index (κ3) is 0.773. The summed E-state index contributed by atoms with van der Waals surface area (Å²) in [5, 5.41) is -0.182. The molecular formula is C9H14O3S. The summed E-state index contributed by atoms with van der Waals surface area (Å²) in [5.74, 6) is 0.705. The fourth-order valence-corrected chi connectivity index (χ4v) is 5.55. The Morgan fingerprint density at radius 2 is 2.08 bits per heavy atom. The van der Waals surface area contributed by atoms with Gasteiger partial charge in [-0.1, -0.05) is 13.8 Å². The van der Waals surface area contributed by atoms with Crippen LogP contribution in [0.3, 0.4) is 0 Å². The summed E-state index contributed by atoms with van der Waals surface area (Å²) in [6.45, 7) is 4.33. The molecule has 74 valence electrons. The van der Waals surface area contributed by atoms with Crippen molar-refractivity contribution in [2.24, 2.45) is 17.3 Å². The topological polar surface area (TPSA) is 43.4 Å². The van der Waals surface area contributed by atoms with Crippen LogP contribution in [-0.2, 0) is 14.3 Å². The van der Waals surface area contributed by atoms with Crippen molar-refractivity contribution < 1.29 is 12.6 Å². The van der Waals surface area contributed by atoms with Crippen molar-refractivity contribution in [2.45, 2.75) is 38.0 Å². The van der Waals surface area contributed by atoms with Crippen molar-refractivity contribution in [1.29, 1.82) is 0 Å². The first-order chi connectivity index (χ1) is 5.94. The maximum absolute atomic E-state index is 11.5. The first-order valence-corrected chi connectivity index (χ1v) is 6.33. The van der Waals surface area contributed by atoms with Gasteiger partial charge in [-0.3, -0.25) is 4.18 Å². The van der Waals surface area contributed by atoms with Gasteiger partial charge in [0, 0.05) is 5.92 Å². The van der Waals surface area contributed by atoms with E-state index in [1.807, 2.05) is 0 Å². The summed E-state index contributed by atoms with van der Waals surface area (Å²) in [6.07, 6.45) is 1.86. The van der Waals surface area contributed by atoms with Gasteiger partial charge >= 0.3 is 0 Å². The molecule has 3 fully saturated rings. The van der Waals surface area contributed by atoms with Gasteiger partial charge in [-0.05, 0) is 24.2 Å². The van der Waals surface area contributed by atoms with E-state index in [1.54, 1.807) is 0 Å². The quantitative estimate of drug-likeness (QED) is 0.553. The maximum Gasteiger partial charge on any atom is 0.270 e. The fourth-order valence-electron chi connectivity index (χ4n) is 3.53. The lowest BCUT2D eigenvalue weighted by Crippen LogP contribution is -2.32. The van der Waals surface area contributed by atoms with Gasteiger partial charge in [-0.25, -0.2) is 0 Å². The molecule has 0 aromatic carbocycles. The van der Waals surface area contributed by atoms with Crippen LogP contribution >= 0.6 is 0 Å². The summed E-state index contributed by atoms with van der Waals surface area (Å²) in [6, 6.07) is 0. The lowest BCUT2D eigenvalue weighted by atomic mass is 9.76. The Hall–Kier alpha value is -0.0900. The summed E-state index contributed by atoms with van der Waals surface area (Å²) in [5.41, 5.74) is 0.226. The van der Waals surface area contributed by atoms with Crippen molar-refractivity contribution in [1.82, 2.24) is 0 Å². The minimum atomic E-state index is -3.20. The van der Waals surface area contributed by atoms with Gasteiger partial charge in [-0.15, -0.1) is 0 Å². The molecule has 1 saturated heterocycles. The Labute approximate surface area is 78.6 Å². The van der Waals surface area contributed by atoms with E-state index in [-0.39, 0.29) is 16.8 Å². The van der Waals surface area contributed by atoms with Gasteiger partial charge in [0.25, 0.3) is 10.1 Å².